The molecule has 30 heavy (non-hydrogen) atoms. The highest BCUT2D eigenvalue weighted by Gasteiger charge is 2.07. The molecule has 0 aliphatic carbocycles. The molecule has 1 amide bonds. The van der Waals surface area contributed by atoms with Gasteiger partial charge in [0.25, 0.3) is 0 Å². The maximum Gasteiger partial charge on any atom is 0.247 e. The van der Waals surface area contributed by atoms with E-state index in [1.165, 1.54) is 6.08 Å². The predicted octanol–water partition coefficient (Wildman–Crippen LogP) is 4.96. The number of rotatable bonds is 8. The molecule has 0 radical (unpaired) electrons. The summed E-state index contributed by atoms with van der Waals surface area (Å²) in [4.78, 5) is 20.5. The standard InChI is InChI=1S/C24H23N5O/c1-4-6-9-18-10-7-11-19(14-18)28-24-25-16-17(3)23(29-24)27-21-13-8-12-20(15-21)26-22(30)5-2/h1,5,7-8,10-16H,2,6,9H2,3H3,(H,26,30)(H2,25,27,28,29). The van der Waals surface area contributed by atoms with Gasteiger partial charge < -0.3 is 16.0 Å². The lowest BCUT2D eigenvalue weighted by Gasteiger charge is -2.12. The first-order valence-electron chi connectivity index (χ1n) is 9.51. The first-order valence-corrected chi connectivity index (χ1v) is 9.51. The van der Waals surface area contributed by atoms with E-state index in [1.807, 2.05) is 49.4 Å². The van der Waals surface area contributed by atoms with Gasteiger partial charge in [0.05, 0.1) is 0 Å². The normalized spacial score (nSPS) is 10.0. The molecular weight excluding hydrogens is 374 g/mol. The fraction of sp³-hybridized carbons (Fsp3) is 0.125. The number of hydrogen-bond donors (Lipinski definition) is 3. The molecule has 1 heterocycles. The molecule has 6 nitrogen and oxygen atoms in total. The van der Waals surface area contributed by atoms with Crippen LogP contribution in [-0.2, 0) is 11.2 Å². The molecule has 3 N–H and O–H groups in total. The number of hydrogen-bond acceptors (Lipinski definition) is 5. The van der Waals surface area contributed by atoms with Crippen LogP contribution in [0.15, 0.2) is 67.4 Å². The van der Waals surface area contributed by atoms with E-state index in [0.29, 0.717) is 23.9 Å². The molecule has 0 aliphatic heterocycles. The molecule has 2 aromatic carbocycles. The van der Waals surface area contributed by atoms with Crippen LogP contribution < -0.4 is 16.0 Å². The third-order valence-corrected chi connectivity index (χ3v) is 4.29. The smallest absolute Gasteiger partial charge is 0.247 e. The van der Waals surface area contributed by atoms with Crippen LogP contribution in [0.25, 0.3) is 0 Å². The Morgan fingerprint density at radius 2 is 1.87 bits per heavy atom. The lowest BCUT2D eigenvalue weighted by molar-refractivity contribution is -0.111. The SMILES string of the molecule is C#CCCc1cccc(Nc2ncc(C)c(Nc3cccc(NC(=O)C=C)c3)n2)c1. The number of amides is 1. The van der Waals surface area contributed by atoms with E-state index in [4.69, 9.17) is 6.42 Å². The summed E-state index contributed by atoms with van der Waals surface area (Å²) in [7, 11) is 0. The van der Waals surface area contributed by atoms with Crippen molar-refractivity contribution in [3.05, 3.63) is 78.5 Å². The lowest BCUT2D eigenvalue weighted by Crippen LogP contribution is -2.07. The van der Waals surface area contributed by atoms with Gasteiger partial charge in [0.1, 0.15) is 5.82 Å². The average Bonchev–Trinajstić information content (AvgIpc) is 2.75. The van der Waals surface area contributed by atoms with Gasteiger partial charge in [-0.05, 0) is 55.3 Å². The minimum Gasteiger partial charge on any atom is -0.340 e. The van der Waals surface area contributed by atoms with Crippen molar-refractivity contribution in [3.63, 3.8) is 0 Å². The highest BCUT2D eigenvalue weighted by molar-refractivity contribution is 5.99. The number of nitrogens with zero attached hydrogens (tertiary/aromatic N) is 2. The second-order valence-electron chi connectivity index (χ2n) is 6.65. The Bertz CT molecular complexity index is 1100. The molecule has 0 aliphatic rings. The van der Waals surface area contributed by atoms with Crippen LogP contribution in [0.2, 0.25) is 0 Å². The second-order valence-corrected chi connectivity index (χ2v) is 6.65. The van der Waals surface area contributed by atoms with Crippen LogP contribution in [0.1, 0.15) is 17.5 Å². The van der Waals surface area contributed by atoms with Crippen LogP contribution in [0.4, 0.5) is 28.8 Å². The van der Waals surface area contributed by atoms with Crippen LogP contribution in [0.5, 0.6) is 0 Å². The lowest BCUT2D eigenvalue weighted by atomic mass is 10.1. The molecule has 0 spiro atoms. The van der Waals surface area contributed by atoms with Crippen molar-refractivity contribution < 1.29 is 4.79 Å². The van der Waals surface area contributed by atoms with Crippen molar-refractivity contribution in [2.45, 2.75) is 19.8 Å². The summed E-state index contributed by atoms with van der Waals surface area (Å²) >= 11 is 0. The number of carbonyl (C=O) groups excluding carboxylic acids is 1. The zero-order valence-corrected chi connectivity index (χ0v) is 16.8. The number of nitrogens with one attached hydrogen (secondary N) is 3. The van der Waals surface area contributed by atoms with Gasteiger partial charge in [-0.25, -0.2) is 4.98 Å². The van der Waals surface area contributed by atoms with Crippen LogP contribution >= 0.6 is 0 Å². The van der Waals surface area contributed by atoms with E-state index in [9.17, 15) is 4.79 Å². The minimum atomic E-state index is -0.263. The Balaban J connectivity index is 1.76. The van der Waals surface area contributed by atoms with Crippen LogP contribution in [-0.4, -0.2) is 15.9 Å². The Labute approximate surface area is 176 Å². The van der Waals surface area contributed by atoms with Gasteiger partial charge >= 0.3 is 0 Å². The molecule has 3 aromatic rings. The van der Waals surface area contributed by atoms with Gasteiger partial charge in [0.2, 0.25) is 11.9 Å². The van der Waals surface area contributed by atoms with Gasteiger partial charge in [-0.15, -0.1) is 12.3 Å². The fourth-order valence-electron chi connectivity index (χ4n) is 2.78. The monoisotopic (exact) mass is 397 g/mol. The van der Waals surface area contributed by atoms with E-state index in [0.717, 1.165) is 28.9 Å². The van der Waals surface area contributed by atoms with Gasteiger partial charge in [-0.2, -0.15) is 4.98 Å². The van der Waals surface area contributed by atoms with Crippen molar-refractivity contribution >= 4 is 34.7 Å². The maximum atomic E-state index is 11.5. The molecule has 0 fully saturated rings. The zero-order chi connectivity index (χ0) is 21.3. The van der Waals surface area contributed by atoms with Gasteiger partial charge in [-0.1, -0.05) is 24.8 Å². The molecule has 0 atom stereocenters. The average molecular weight is 397 g/mol. The van der Waals surface area contributed by atoms with Gasteiger partial charge in [0, 0.05) is 35.2 Å². The third-order valence-electron chi connectivity index (χ3n) is 4.29. The summed E-state index contributed by atoms with van der Waals surface area (Å²) in [6.45, 7) is 5.39. The molecule has 0 bridgehead atoms. The topological polar surface area (TPSA) is 78.9 Å². The predicted molar refractivity (Wildman–Crippen MR) is 122 cm³/mol. The van der Waals surface area contributed by atoms with Crippen LogP contribution in [0, 0.1) is 19.3 Å². The number of aromatic nitrogens is 2. The summed E-state index contributed by atoms with van der Waals surface area (Å²) < 4.78 is 0. The number of aryl methyl sites for hydroxylation is 2. The number of anilines is 5. The summed E-state index contributed by atoms with van der Waals surface area (Å²) in [6.07, 6.45) is 9.86. The molecule has 150 valence electrons. The Hall–Kier alpha value is -4.11. The Morgan fingerprint density at radius 1 is 1.13 bits per heavy atom. The van der Waals surface area contributed by atoms with Crippen molar-refractivity contribution in [1.82, 2.24) is 9.97 Å². The molecule has 1 aromatic heterocycles. The highest BCUT2D eigenvalue weighted by atomic mass is 16.1. The van der Waals surface area contributed by atoms with Crippen molar-refractivity contribution in [1.29, 1.82) is 0 Å². The first-order chi connectivity index (χ1) is 14.6. The first kappa shape index (κ1) is 20.6. The molecule has 0 saturated heterocycles. The van der Waals surface area contributed by atoms with E-state index in [-0.39, 0.29) is 5.91 Å². The number of terminal acetylenes is 1. The quantitative estimate of drug-likeness (QED) is 0.370. The summed E-state index contributed by atoms with van der Waals surface area (Å²) in [5.74, 6) is 3.55. The summed E-state index contributed by atoms with van der Waals surface area (Å²) in [5.41, 5.74) is 4.40. The molecule has 0 saturated carbocycles. The fourth-order valence-corrected chi connectivity index (χ4v) is 2.78. The van der Waals surface area contributed by atoms with Crippen molar-refractivity contribution in [3.8, 4) is 12.3 Å². The summed E-state index contributed by atoms with van der Waals surface area (Å²) in [5, 5.41) is 9.26. The Kier molecular flexibility index (Phi) is 6.80. The van der Waals surface area contributed by atoms with Gasteiger partial charge in [0.15, 0.2) is 0 Å². The molecular formula is C24H23N5O. The van der Waals surface area contributed by atoms with Crippen LogP contribution in [0.3, 0.4) is 0 Å². The third kappa shape index (κ3) is 5.69. The molecule has 6 heteroatoms. The molecule has 3 rings (SSSR count). The number of benzene rings is 2. The second kappa shape index (κ2) is 9.89. The Morgan fingerprint density at radius 3 is 2.63 bits per heavy atom. The van der Waals surface area contributed by atoms with Crippen molar-refractivity contribution in [2.75, 3.05) is 16.0 Å². The highest BCUT2D eigenvalue weighted by Crippen LogP contribution is 2.23. The minimum absolute atomic E-state index is 0.263. The van der Waals surface area contributed by atoms with E-state index >= 15 is 0 Å². The van der Waals surface area contributed by atoms with E-state index in [2.05, 4.69) is 38.4 Å². The van der Waals surface area contributed by atoms with Gasteiger partial charge in [-0.3, -0.25) is 4.79 Å². The van der Waals surface area contributed by atoms with E-state index in [1.54, 1.807) is 12.3 Å². The van der Waals surface area contributed by atoms with E-state index < -0.39 is 0 Å². The number of carbonyl (C=O) groups is 1. The molecule has 0 unspecified atom stereocenters. The summed E-state index contributed by atoms with van der Waals surface area (Å²) in [6, 6.07) is 15.4. The van der Waals surface area contributed by atoms with Crippen molar-refractivity contribution in [2.24, 2.45) is 0 Å². The maximum absolute atomic E-state index is 11.5. The largest absolute Gasteiger partial charge is 0.340 e. The zero-order valence-electron chi connectivity index (χ0n) is 16.8.